The van der Waals surface area contributed by atoms with Gasteiger partial charge in [-0.25, -0.2) is 0 Å². The first-order chi connectivity index (χ1) is 7.83. The van der Waals surface area contributed by atoms with Gasteiger partial charge in [0.2, 0.25) is 0 Å². The minimum atomic E-state index is -4.82. The van der Waals surface area contributed by atoms with E-state index in [0.717, 1.165) is 0 Å². The third kappa shape index (κ3) is 2.45. The van der Waals surface area contributed by atoms with Crippen LogP contribution in [-0.2, 0) is 4.79 Å². The number of hydrogen-bond donors (Lipinski definition) is 1. The molecule has 18 heavy (non-hydrogen) atoms. The van der Waals surface area contributed by atoms with Gasteiger partial charge in [-0.05, 0) is 22.9 Å². The van der Waals surface area contributed by atoms with Crippen molar-refractivity contribution in [3.8, 4) is 0 Å². The molecule has 0 aromatic carbocycles. The van der Waals surface area contributed by atoms with Gasteiger partial charge in [0.1, 0.15) is 0 Å². The zero-order valence-corrected chi connectivity index (χ0v) is 10.9. The molecular formula is C10H10Cl2F4O2. The first kappa shape index (κ1) is 15.6. The fraction of sp³-hybridized carbons (Fsp3) is 0.700. The molecule has 2 atom stereocenters. The Hall–Kier alpha value is -0.490. The van der Waals surface area contributed by atoms with Crippen LogP contribution < -0.4 is 0 Å². The molecule has 0 aromatic rings. The molecular weight excluding hydrogens is 299 g/mol. The fourth-order valence-electron chi connectivity index (χ4n) is 1.86. The average molecular weight is 309 g/mol. The van der Waals surface area contributed by atoms with Gasteiger partial charge in [0.05, 0.1) is 11.0 Å². The quantitative estimate of drug-likeness (QED) is 0.631. The van der Waals surface area contributed by atoms with E-state index in [1.54, 1.807) is 0 Å². The van der Waals surface area contributed by atoms with Gasteiger partial charge in [-0.1, -0.05) is 31.5 Å². The summed E-state index contributed by atoms with van der Waals surface area (Å²) in [6, 6.07) is 0. The molecule has 1 N–H and O–H groups in total. The Bertz CT molecular complexity index is 401. The maximum atomic E-state index is 13.1. The zero-order chi connectivity index (χ0) is 14.5. The zero-order valence-electron chi connectivity index (χ0n) is 9.36. The van der Waals surface area contributed by atoms with Gasteiger partial charge in [0, 0.05) is 0 Å². The van der Waals surface area contributed by atoms with E-state index in [-0.39, 0.29) is 0 Å². The molecule has 8 heteroatoms. The van der Waals surface area contributed by atoms with Crippen LogP contribution >= 0.6 is 23.2 Å². The lowest BCUT2D eigenvalue weighted by atomic mass is 10.1. The number of carbonyl (C=O) groups is 1. The van der Waals surface area contributed by atoms with Crippen molar-refractivity contribution in [3.63, 3.8) is 0 Å². The Morgan fingerprint density at radius 2 is 1.78 bits per heavy atom. The molecule has 0 aromatic heterocycles. The highest BCUT2D eigenvalue weighted by molar-refractivity contribution is 6.32. The molecule has 0 spiro atoms. The lowest BCUT2D eigenvalue weighted by Crippen LogP contribution is -2.35. The van der Waals surface area contributed by atoms with E-state index in [1.165, 1.54) is 13.8 Å². The molecule has 0 amide bonds. The molecule has 1 aliphatic carbocycles. The fourth-order valence-corrected chi connectivity index (χ4v) is 2.26. The highest BCUT2D eigenvalue weighted by Crippen LogP contribution is 2.60. The molecule has 0 unspecified atom stereocenters. The number of halogens is 6. The maximum absolute atomic E-state index is 13.1. The summed E-state index contributed by atoms with van der Waals surface area (Å²) in [5, 5.41) is 2.54. The van der Waals surface area contributed by atoms with Crippen LogP contribution in [-0.4, -0.2) is 22.4 Å². The third-order valence-electron chi connectivity index (χ3n) is 3.16. The summed E-state index contributed by atoms with van der Waals surface area (Å²) in [6.07, 6.45) is 0.649. The van der Waals surface area contributed by atoms with Gasteiger partial charge in [0.15, 0.2) is 0 Å². The highest BCUT2D eigenvalue weighted by atomic mass is 35.5. The first-order valence-electron chi connectivity index (χ1n) is 4.88. The monoisotopic (exact) mass is 308 g/mol. The molecule has 0 radical (unpaired) electrons. The Morgan fingerprint density at radius 3 is 2.06 bits per heavy atom. The number of rotatable bonds is 4. The molecule has 0 heterocycles. The lowest BCUT2D eigenvalue weighted by Gasteiger charge is -2.20. The Morgan fingerprint density at radius 1 is 1.33 bits per heavy atom. The van der Waals surface area contributed by atoms with Crippen molar-refractivity contribution >= 4 is 29.2 Å². The SMILES string of the molecule is CC1(C)[C@H](C(=O)O)[C@@H]1/C=C(/Cl)C(F)(F)C(F)(F)Cl. The largest absolute Gasteiger partial charge is 0.481 e. The van der Waals surface area contributed by atoms with Crippen LogP contribution in [0.3, 0.4) is 0 Å². The Balaban J connectivity index is 2.97. The number of carboxylic acid groups (broad SMARTS) is 1. The van der Waals surface area contributed by atoms with Crippen LogP contribution in [0.2, 0.25) is 0 Å². The second-order valence-corrected chi connectivity index (χ2v) is 5.63. The molecule has 1 aliphatic rings. The van der Waals surface area contributed by atoms with E-state index in [2.05, 4.69) is 11.6 Å². The Kier molecular flexibility index (Phi) is 3.69. The number of aliphatic carboxylic acids is 1. The summed E-state index contributed by atoms with van der Waals surface area (Å²) in [6.45, 7) is 3.04. The normalized spacial score (nSPS) is 28.1. The number of allylic oxidation sites excluding steroid dienone is 2. The second kappa shape index (κ2) is 4.27. The maximum Gasteiger partial charge on any atom is 0.389 e. The molecule has 0 aliphatic heterocycles. The summed E-state index contributed by atoms with van der Waals surface area (Å²) in [5.41, 5.74) is -0.802. The van der Waals surface area contributed by atoms with Crippen LogP contribution in [0.15, 0.2) is 11.1 Å². The lowest BCUT2D eigenvalue weighted by molar-refractivity contribution is -0.139. The van der Waals surface area contributed by atoms with Crippen molar-refractivity contribution in [2.24, 2.45) is 17.3 Å². The highest BCUT2D eigenvalue weighted by Gasteiger charge is 2.63. The summed E-state index contributed by atoms with van der Waals surface area (Å²) >= 11 is 9.41. The van der Waals surface area contributed by atoms with Crippen LogP contribution in [0.5, 0.6) is 0 Å². The number of carboxylic acids is 1. The van der Waals surface area contributed by atoms with Gasteiger partial charge in [-0.3, -0.25) is 4.79 Å². The van der Waals surface area contributed by atoms with E-state index in [9.17, 15) is 22.4 Å². The van der Waals surface area contributed by atoms with E-state index < -0.39 is 39.6 Å². The molecule has 1 saturated carbocycles. The molecule has 104 valence electrons. The van der Waals surface area contributed by atoms with E-state index in [1.807, 2.05) is 0 Å². The predicted molar refractivity (Wildman–Crippen MR) is 58.1 cm³/mol. The van der Waals surface area contributed by atoms with Gasteiger partial charge < -0.3 is 5.11 Å². The molecule has 0 bridgehead atoms. The van der Waals surface area contributed by atoms with Crippen molar-refractivity contribution in [1.29, 1.82) is 0 Å². The second-order valence-electron chi connectivity index (χ2n) is 4.75. The van der Waals surface area contributed by atoms with Gasteiger partial charge >= 0.3 is 17.3 Å². The van der Waals surface area contributed by atoms with Gasteiger partial charge in [-0.15, -0.1) is 0 Å². The average Bonchev–Trinajstić information content (AvgIpc) is 2.65. The minimum Gasteiger partial charge on any atom is -0.481 e. The molecule has 2 nitrogen and oxygen atoms in total. The minimum absolute atomic E-state index is 0.649. The molecule has 0 saturated heterocycles. The van der Waals surface area contributed by atoms with Gasteiger partial charge in [-0.2, -0.15) is 17.6 Å². The van der Waals surface area contributed by atoms with E-state index >= 15 is 0 Å². The predicted octanol–water partition coefficient (Wildman–Crippen LogP) is 3.93. The van der Waals surface area contributed by atoms with Crippen LogP contribution in [0.4, 0.5) is 17.6 Å². The van der Waals surface area contributed by atoms with Crippen molar-refractivity contribution in [1.82, 2.24) is 0 Å². The standard InChI is InChI=1S/C10H10Cl2F4O2/c1-8(2)4(6(8)7(17)18)3-5(11)9(13,14)10(12,15)16/h3-4,6H,1-2H3,(H,17,18)/b5-3+/t4-,6-/m0/s1. The van der Waals surface area contributed by atoms with Crippen molar-refractivity contribution < 1.29 is 27.5 Å². The molecule has 1 fully saturated rings. The van der Waals surface area contributed by atoms with Crippen LogP contribution in [0, 0.1) is 17.3 Å². The summed E-state index contributed by atoms with van der Waals surface area (Å²) in [4.78, 5) is 10.8. The third-order valence-corrected chi connectivity index (χ3v) is 3.76. The van der Waals surface area contributed by atoms with Crippen LogP contribution in [0.1, 0.15) is 13.8 Å². The molecule has 1 rings (SSSR count). The number of alkyl halides is 5. The summed E-state index contributed by atoms with van der Waals surface area (Å²) in [7, 11) is 0. The topological polar surface area (TPSA) is 37.3 Å². The van der Waals surface area contributed by atoms with Crippen molar-refractivity contribution in [2.75, 3.05) is 0 Å². The van der Waals surface area contributed by atoms with Crippen LogP contribution in [0.25, 0.3) is 0 Å². The van der Waals surface area contributed by atoms with Crippen molar-refractivity contribution in [3.05, 3.63) is 11.1 Å². The van der Waals surface area contributed by atoms with E-state index in [4.69, 9.17) is 16.7 Å². The van der Waals surface area contributed by atoms with E-state index in [0.29, 0.717) is 6.08 Å². The van der Waals surface area contributed by atoms with Gasteiger partial charge in [0.25, 0.3) is 0 Å². The van der Waals surface area contributed by atoms with Crippen molar-refractivity contribution in [2.45, 2.75) is 25.2 Å². The number of hydrogen-bond acceptors (Lipinski definition) is 1. The smallest absolute Gasteiger partial charge is 0.389 e. The Labute approximate surface area is 111 Å². The summed E-state index contributed by atoms with van der Waals surface area (Å²) < 4.78 is 51.0. The first-order valence-corrected chi connectivity index (χ1v) is 5.64. The summed E-state index contributed by atoms with van der Waals surface area (Å²) in [5.74, 6) is -7.66.